The Bertz CT molecular complexity index is 1320. The molecular weight excluding hydrogens is 426 g/mol. The van der Waals surface area contributed by atoms with Gasteiger partial charge in [0, 0.05) is 24.7 Å². The highest BCUT2D eigenvalue weighted by Gasteiger charge is 2.44. The number of hydrogen-bond donors (Lipinski definition) is 0. The maximum Gasteiger partial charge on any atom is 0.282 e. The van der Waals surface area contributed by atoms with Crippen molar-refractivity contribution in [3.8, 4) is 5.75 Å². The first-order valence-corrected chi connectivity index (χ1v) is 10.5. The summed E-state index contributed by atoms with van der Waals surface area (Å²) in [5.41, 5.74) is 2.72. The van der Waals surface area contributed by atoms with E-state index in [1.54, 1.807) is 24.3 Å². The van der Waals surface area contributed by atoms with Crippen LogP contribution in [0.3, 0.4) is 0 Å². The van der Waals surface area contributed by atoms with E-state index < -0.39 is 23.4 Å². The van der Waals surface area contributed by atoms with Crippen molar-refractivity contribution in [3.05, 3.63) is 101 Å². The molecule has 5 rings (SSSR count). The molecule has 0 fully saturated rings. The summed E-state index contributed by atoms with van der Waals surface area (Å²) >= 11 is 0. The van der Waals surface area contributed by atoms with E-state index >= 15 is 0 Å². The van der Waals surface area contributed by atoms with Gasteiger partial charge >= 0.3 is 0 Å². The van der Waals surface area contributed by atoms with Gasteiger partial charge in [0.1, 0.15) is 23.1 Å². The van der Waals surface area contributed by atoms with Gasteiger partial charge in [0.05, 0.1) is 18.4 Å². The minimum atomic E-state index is -0.985. The van der Waals surface area contributed by atoms with E-state index in [9.17, 15) is 18.4 Å². The summed E-state index contributed by atoms with van der Waals surface area (Å²) in [5.74, 6) is -2.68. The van der Waals surface area contributed by atoms with Crippen LogP contribution in [0.1, 0.15) is 16.7 Å². The molecule has 0 aromatic heterocycles. The van der Waals surface area contributed by atoms with E-state index in [1.807, 2.05) is 29.2 Å². The van der Waals surface area contributed by atoms with Crippen molar-refractivity contribution < 1.29 is 23.1 Å². The molecule has 33 heavy (non-hydrogen) atoms. The quantitative estimate of drug-likeness (QED) is 0.561. The number of hydrogen-bond acceptors (Lipinski definition) is 4. The Balaban J connectivity index is 1.67. The molecule has 2 heterocycles. The van der Waals surface area contributed by atoms with E-state index in [0.717, 1.165) is 22.6 Å². The zero-order valence-corrected chi connectivity index (χ0v) is 17.8. The van der Waals surface area contributed by atoms with Crippen molar-refractivity contribution in [2.24, 2.45) is 0 Å². The number of nitrogens with zero attached hydrogens (tertiary/aromatic N) is 2. The Labute approximate surface area is 189 Å². The molecule has 166 valence electrons. The molecule has 2 aliphatic rings. The molecule has 0 saturated heterocycles. The summed E-state index contributed by atoms with van der Waals surface area (Å²) in [6.07, 6.45) is 0.700. The smallest absolute Gasteiger partial charge is 0.282 e. The van der Waals surface area contributed by atoms with Crippen LogP contribution in [0.5, 0.6) is 5.75 Å². The van der Waals surface area contributed by atoms with Gasteiger partial charge in [0.2, 0.25) is 0 Å². The first-order valence-electron chi connectivity index (χ1n) is 10.5. The van der Waals surface area contributed by atoms with Gasteiger partial charge in [-0.05, 0) is 35.7 Å². The third-order valence-corrected chi connectivity index (χ3v) is 6.03. The molecule has 2 amide bonds. The summed E-state index contributed by atoms with van der Waals surface area (Å²) in [7, 11) is 1.48. The SMILES string of the molecule is COc1ccccc1C1=C(N2CCc3ccccc3C2)C(=O)N(c2ccc(F)cc2F)C1=O. The monoisotopic (exact) mass is 446 g/mol. The average molecular weight is 446 g/mol. The van der Waals surface area contributed by atoms with Gasteiger partial charge in [0.25, 0.3) is 11.8 Å². The summed E-state index contributed by atoms with van der Waals surface area (Å²) < 4.78 is 33.6. The number of carbonyl (C=O) groups is 2. The van der Waals surface area contributed by atoms with E-state index in [1.165, 1.54) is 12.7 Å². The molecule has 2 aliphatic heterocycles. The number of methoxy groups -OCH3 is 1. The lowest BCUT2D eigenvalue weighted by Crippen LogP contribution is -2.37. The van der Waals surface area contributed by atoms with Gasteiger partial charge in [-0.2, -0.15) is 0 Å². The fourth-order valence-corrected chi connectivity index (χ4v) is 4.47. The van der Waals surface area contributed by atoms with E-state index in [2.05, 4.69) is 0 Å². The summed E-state index contributed by atoms with van der Waals surface area (Å²) in [6, 6.07) is 17.6. The van der Waals surface area contributed by atoms with Gasteiger partial charge in [-0.3, -0.25) is 9.59 Å². The highest BCUT2D eigenvalue weighted by molar-refractivity contribution is 6.45. The number of rotatable bonds is 4. The number of halogens is 2. The second kappa shape index (κ2) is 8.16. The lowest BCUT2D eigenvalue weighted by atomic mass is 9.97. The maximum absolute atomic E-state index is 14.6. The van der Waals surface area contributed by atoms with Gasteiger partial charge < -0.3 is 9.64 Å². The molecule has 0 aliphatic carbocycles. The molecule has 0 bridgehead atoms. The average Bonchev–Trinajstić information content (AvgIpc) is 3.08. The largest absolute Gasteiger partial charge is 0.496 e. The molecule has 7 heteroatoms. The van der Waals surface area contributed by atoms with Crippen LogP contribution in [0.2, 0.25) is 0 Å². The van der Waals surface area contributed by atoms with Crippen LogP contribution in [0, 0.1) is 11.6 Å². The van der Waals surface area contributed by atoms with Gasteiger partial charge in [-0.15, -0.1) is 0 Å². The summed E-state index contributed by atoms with van der Waals surface area (Å²) in [4.78, 5) is 29.9. The Morgan fingerprint density at radius 3 is 2.36 bits per heavy atom. The van der Waals surface area contributed by atoms with Crippen LogP contribution in [0.15, 0.2) is 72.4 Å². The summed E-state index contributed by atoms with van der Waals surface area (Å²) in [5, 5.41) is 0. The number of imide groups is 1. The van der Waals surface area contributed by atoms with Crippen LogP contribution in [0.4, 0.5) is 14.5 Å². The first kappa shape index (κ1) is 20.9. The van der Waals surface area contributed by atoms with Crippen LogP contribution >= 0.6 is 0 Å². The Morgan fingerprint density at radius 2 is 1.61 bits per heavy atom. The fourth-order valence-electron chi connectivity index (χ4n) is 4.47. The Kier molecular flexibility index (Phi) is 5.17. The lowest BCUT2D eigenvalue weighted by molar-refractivity contribution is -0.120. The lowest BCUT2D eigenvalue weighted by Gasteiger charge is -2.31. The number of benzene rings is 3. The standard InChI is InChI=1S/C26H20F2N2O3/c1-33-22-9-5-4-8-19(22)23-24(29-13-12-16-6-2-3-7-17(16)15-29)26(32)30(25(23)31)21-11-10-18(27)14-20(21)28/h2-11,14H,12-13,15H2,1H3. The second-order valence-electron chi connectivity index (χ2n) is 7.91. The van der Waals surface area contributed by atoms with Crippen LogP contribution in [0.25, 0.3) is 5.57 Å². The normalized spacial score (nSPS) is 15.8. The molecule has 0 radical (unpaired) electrons. The third kappa shape index (κ3) is 3.46. The second-order valence-corrected chi connectivity index (χ2v) is 7.91. The zero-order chi connectivity index (χ0) is 23.1. The van der Waals surface area contributed by atoms with Crippen LogP contribution in [-0.4, -0.2) is 30.4 Å². The Hall–Kier alpha value is -4.00. The molecule has 0 atom stereocenters. The van der Waals surface area contributed by atoms with Crippen LogP contribution < -0.4 is 9.64 Å². The van der Waals surface area contributed by atoms with Crippen molar-refractivity contribution >= 4 is 23.1 Å². The predicted molar refractivity (Wildman–Crippen MR) is 119 cm³/mol. The van der Waals surface area contributed by atoms with Crippen molar-refractivity contribution in [2.75, 3.05) is 18.6 Å². The molecule has 3 aromatic carbocycles. The zero-order valence-electron chi connectivity index (χ0n) is 17.8. The molecule has 0 saturated carbocycles. The highest BCUT2D eigenvalue weighted by atomic mass is 19.1. The highest BCUT2D eigenvalue weighted by Crippen LogP contribution is 2.40. The van der Waals surface area contributed by atoms with Crippen molar-refractivity contribution in [3.63, 3.8) is 0 Å². The van der Waals surface area contributed by atoms with Crippen molar-refractivity contribution in [2.45, 2.75) is 13.0 Å². The number of carbonyl (C=O) groups excluding carboxylic acids is 2. The summed E-state index contributed by atoms with van der Waals surface area (Å²) in [6.45, 7) is 0.951. The molecular formula is C26H20F2N2O3. The van der Waals surface area contributed by atoms with Gasteiger partial charge in [-0.1, -0.05) is 42.5 Å². The minimum Gasteiger partial charge on any atom is -0.496 e. The van der Waals surface area contributed by atoms with Crippen molar-refractivity contribution in [1.29, 1.82) is 0 Å². The van der Waals surface area contributed by atoms with Gasteiger partial charge in [-0.25, -0.2) is 13.7 Å². The van der Waals surface area contributed by atoms with Crippen LogP contribution in [-0.2, 0) is 22.6 Å². The topological polar surface area (TPSA) is 49.9 Å². The minimum absolute atomic E-state index is 0.139. The third-order valence-electron chi connectivity index (χ3n) is 6.03. The molecule has 0 spiro atoms. The number of ether oxygens (including phenoxy) is 1. The molecule has 0 unspecified atom stereocenters. The van der Waals surface area contributed by atoms with E-state index in [4.69, 9.17) is 4.74 Å². The molecule has 3 aromatic rings. The maximum atomic E-state index is 14.6. The fraction of sp³-hybridized carbons (Fsp3) is 0.154. The van der Waals surface area contributed by atoms with Crippen molar-refractivity contribution in [1.82, 2.24) is 4.90 Å². The Morgan fingerprint density at radius 1 is 0.879 bits per heavy atom. The molecule has 5 nitrogen and oxygen atoms in total. The van der Waals surface area contributed by atoms with E-state index in [0.29, 0.717) is 36.9 Å². The number of fused-ring (bicyclic) bond motifs is 1. The van der Waals surface area contributed by atoms with E-state index in [-0.39, 0.29) is 17.0 Å². The predicted octanol–water partition coefficient (Wildman–Crippen LogP) is 4.32. The van der Waals surface area contributed by atoms with Gasteiger partial charge in [0.15, 0.2) is 0 Å². The number of para-hydroxylation sites is 1. The molecule has 0 N–H and O–H groups in total. The number of anilines is 1. The first-order chi connectivity index (χ1) is 16.0. The number of amides is 2.